The second-order valence-electron chi connectivity index (χ2n) is 7.65. The number of likely N-dealkylation sites (N-methyl/N-ethyl adjacent to an activating group) is 1. The van der Waals surface area contributed by atoms with Crippen LogP contribution in [-0.4, -0.2) is 30.6 Å². The van der Waals surface area contributed by atoms with Crippen LogP contribution < -0.4 is 5.73 Å². The molecule has 0 aromatic rings. The summed E-state index contributed by atoms with van der Waals surface area (Å²) < 4.78 is 0. The highest BCUT2D eigenvalue weighted by molar-refractivity contribution is 4.99. The maximum atomic E-state index is 6.19. The molecule has 2 heteroatoms. The van der Waals surface area contributed by atoms with Crippen LogP contribution in [0.3, 0.4) is 0 Å². The van der Waals surface area contributed by atoms with Crippen LogP contribution in [0.5, 0.6) is 0 Å². The van der Waals surface area contributed by atoms with Crippen molar-refractivity contribution in [3.63, 3.8) is 0 Å². The molecule has 0 aromatic heterocycles. The summed E-state index contributed by atoms with van der Waals surface area (Å²) in [6.07, 6.45) is 11.1. The lowest BCUT2D eigenvalue weighted by atomic mass is 9.67. The molecule has 2 aliphatic carbocycles. The van der Waals surface area contributed by atoms with Crippen molar-refractivity contribution in [3.8, 4) is 0 Å². The van der Waals surface area contributed by atoms with Gasteiger partial charge in [-0.05, 0) is 50.5 Å². The minimum absolute atomic E-state index is 0.282. The highest BCUT2D eigenvalue weighted by atomic mass is 15.2. The molecule has 1 atom stereocenters. The zero-order chi connectivity index (χ0) is 13.2. The Morgan fingerprint density at radius 2 is 1.78 bits per heavy atom. The third-order valence-electron chi connectivity index (χ3n) is 5.50. The molecule has 0 amide bonds. The first-order chi connectivity index (χ1) is 8.47. The molecule has 18 heavy (non-hydrogen) atoms. The maximum absolute atomic E-state index is 6.19. The van der Waals surface area contributed by atoms with Crippen LogP contribution in [0.2, 0.25) is 0 Å². The Morgan fingerprint density at radius 3 is 2.33 bits per heavy atom. The Kier molecular flexibility index (Phi) is 4.38. The zero-order valence-corrected chi connectivity index (χ0v) is 12.7. The molecule has 0 aromatic carbocycles. The zero-order valence-electron chi connectivity index (χ0n) is 12.7. The average Bonchev–Trinajstić information content (AvgIpc) is 2.80. The van der Waals surface area contributed by atoms with Gasteiger partial charge < -0.3 is 5.73 Å². The highest BCUT2D eigenvalue weighted by Crippen LogP contribution is 2.43. The normalized spacial score (nSPS) is 33.2. The SMILES string of the molecule is CN(CC1CCCC1)C1(CN)CCCC(C)(C)C1. The fourth-order valence-electron chi connectivity index (χ4n) is 4.39. The molecule has 2 rings (SSSR count). The highest BCUT2D eigenvalue weighted by Gasteiger charge is 2.42. The molecule has 2 N–H and O–H groups in total. The molecular formula is C16H32N2. The molecule has 106 valence electrons. The third kappa shape index (κ3) is 3.08. The van der Waals surface area contributed by atoms with E-state index < -0.39 is 0 Å². The second-order valence-corrected chi connectivity index (χ2v) is 7.65. The van der Waals surface area contributed by atoms with Crippen molar-refractivity contribution in [1.82, 2.24) is 4.90 Å². The van der Waals surface area contributed by atoms with Crippen molar-refractivity contribution in [2.45, 2.75) is 70.8 Å². The van der Waals surface area contributed by atoms with Crippen LogP contribution in [-0.2, 0) is 0 Å². The van der Waals surface area contributed by atoms with Gasteiger partial charge in [-0.15, -0.1) is 0 Å². The monoisotopic (exact) mass is 252 g/mol. The van der Waals surface area contributed by atoms with Crippen LogP contribution in [0.1, 0.15) is 65.2 Å². The number of rotatable bonds is 4. The van der Waals surface area contributed by atoms with E-state index in [2.05, 4.69) is 25.8 Å². The van der Waals surface area contributed by atoms with E-state index in [0.717, 1.165) is 12.5 Å². The van der Waals surface area contributed by atoms with E-state index >= 15 is 0 Å². The van der Waals surface area contributed by atoms with Crippen molar-refractivity contribution in [1.29, 1.82) is 0 Å². The molecule has 0 spiro atoms. The quantitative estimate of drug-likeness (QED) is 0.831. The van der Waals surface area contributed by atoms with Crippen molar-refractivity contribution in [2.24, 2.45) is 17.1 Å². The minimum atomic E-state index is 0.282. The topological polar surface area (TPSA) is 29.3 Å². The lowest BCUT2D eigenvalue weighted by molar-refractivity contribution is 0.0186. The van der Waals surface area contributed by atoms with E-state index in [-0.39, 0.29) is 5.54 Å². The van der Waals surface area contributed by atoms with E-state index in [1.807, 2.05) is 0 Å². The summed E-state index contributed by atoms with van der Waals surface area (Å²) in [5.41, 5.74) is 6.95. The van der Waals surface area contributed by atoms with Gasteiger partial charge in [-0.3, -0.25) is 4.90 Å². The first-order valence-corrected chi connectivity index (χ1v) is 7.89. The molecule has 0 heterocycles. The fourth-order valence-corrected chi connectivity index (χ4v) is 4.39. The predicted octanol–water partition coefficient (Wildman–Crippen LogP) is 3.41. The van der Waals surface area contributed by atoms with Gasteiger partial charge in [0.15, 0.2) is 0 Å². The van der Waals surface area contributed by atoms with Gasteiger partial charge in [-0.25, -0.2) is 0 Å². The lowest BCUT2D eigenvalue weighted by Crippen LogP contribution is -2.57. The molecule has 0 bridgehead atoms. The van der Waals surface area contributed by atoms with Crippen LogP contribution in [0, 0.1) is 11.3 Å². The molecule has 2 aliphatic rings. The molecule has 0 aliphatic heterocycles. The maximum Gasteiger partial charge on any atom is 0.0333 e. The summed E-state index contributed by atoms with van der Waals surface area (Å²) in [5, 5.41) is 0. The second kappa shape index (κ2) is 5.50. The van der Waals surface area contributed by atoms with Gasteiger partial charge in [0, 0.05) is 18.6 Å². The largest absolute Gasteiger partial charge is 0.329 e. The summed E-state index contributed by atoms with van der Waals surface area (Å²) in [6, 6.07) is 0. The van der Waals surface area contributed by atoms with E-state index in [0.29, 0.717) is 5.41 Å². The van der Waals surface area contributed by atoms with Crippen molar-refractivity contribution >= 4 is 0 Å². The molecular weight excluding hydrogens is 220 g/mol. The molecule has 2 fully saturated rings. The molecule has 2 saturated carbocycles. The molecule has 2 nitrogen and oxygen atoms in total. The van der Waals surface area contributed by atoms with Gasteiger partial charge in [0.05, 0.1) is 0 Å². The van der Waals surface area contributed by atoms with E-state index in [9.17, 15) is 0 Å². The van der Waals surface area contributed by atoms with Crippen LogP contribution in [0.25, 0.3) is 0 Å². The summed E-state index contributed by atoms with van der Waals surface area (Å²) in [4.78, 5) is 2.63. The first kappa shape index (κ1) is 14.3. The molecule has 1 unspecified atom stereocenters. The Labute approximate surface area is 113 Å². The van der Waals surface area contributed by atoms with E-state index in [1.54, 1.807) is 0 Å². The average molecular weight is 252 g/mol. The van der Waals surface area contributed by atoms with Crippen LogP contribution in [0.4, 0.5) is 0 Å². The smallest absolute Gasteiger partial charge is 0.0333 e. The van der Waals surface area contributed by atoms with Gasteiger partial charge in [0.1, 0.15) is 0 Å². The van der Waals surface area contributed by atoms with Crippen LogP contribution in [0.15, 0.2) is 0 Å². The Balaban J connectivity index is 2.01. The van der Waals surface area contributed by atoms with E-state index in [4.69, 9.17) is 5.73 Å². The Hall–Kier alpha value is -0.0800. The van der Waals surface area contributed by atoms with Crippen molar-refractivity contribution in [2.75, 3.05) is 20.1 Å². The number of hydrogen-bond donors (Lipinski definition) is 1. The van der Waals surface area contributed by atoms with Gasteiger partial charge in [0.25, 0.3) is 0 Å². The summed E-state index contributed by atoms with van der Waals surface area (Å²) in [5.74, 6) is 0.934. The van der Waals surface area contributed by atoms with Gasteiger partial charge >= 0.3 is 0 Å². The Morgan fingerprint density at radius 1 is 1.11 bits per heavy atom. The first-order valence-electron chi connectivity index (χ1n) is 7.89. The number of nitrogens with zero attached hydrogens (tertiary/aromatic N) is 1. The molecule has 0 saturated heterocycles. The number of nitrogens with two attached hydrogens (primary N) is 1. The standard InChI is InChI=1S/C16H32N2/c1-15(2)9-6-10-16(12-15,13-17)18(3)11-14-7-4-5-8-14/h14H,4-13,17H2,1-3H3. The van der Waals surface area contributed by atoms with E-state index in [1.165, 1.54) is 57.9 Å². The summed E-state index contributed by atoms with van der Waals surface area (Å²) in [7, 11) is 2.33. The van der Waals surface area contributed by atoms with Gasteiger partial charge in [-0.1, -0.05) is 33.1 Å². The van der Waals surface area contributed by atoms with Crippen molar-refractivity contribution < 1.29 is 0 Å². The lowest BCUT2D eigenvalue weighted by Gasteiger charge is -2.50. The molecule has 0 radical (unpaired) electrons. The predicted molar refractivity (Wildman–Crippen MR) is 78.6 cm³/mol. The van der Waals surface area contributed by atoms with Crippen molar-refractivity contribution in [3.05, 3.63) is 0 Å². The minimum Gasteiger partial charge on any atom is -0.329 e. The number of hydrogen-bond acceptors (Lipinski definition) is 2. The summed E-state index contributed by atoms with van der Waals surface area (Å²) >= 11 is 0. The Bertz CT molecular complexity index is 268. The third-order valence-corrected chi connectivity index (χ3v) is 5.50. The van der Waals surface area contributed by atoms with Crippen LogP contribution >= 0.6 is 0 Å². The fraction of sp³-hybridized carbons (Fsp3) is 1.00. The van der Waals surface area contributed by atoms with Gasteiger partial charge in [-0.2, -0.15) is 0 Å². The van der Waals surface area contributed by atoms with Gasteiger partial charge in [0.2, 0.25) is 0 Å². The summed E-state index contributed by atoms with van der Waals surface area (Å²) in [6.45, 7) is 6.94.